The number of anilines is 1. The first kappa shape index (κ1) is 16.9. The predicted molar refractivity (Wildman–Crippen MR) is 89.4 cm³/mol. The van der Waals surface area contributed by atoms with Gasteiger partial charge in [-0.1, -0.05) is 13.8 Å². The first-order chi connectivity index (χ1) is 12.0. The fourth-order valence-corrected chi connectivity index (χ4v) is 2.76. The van der Waals surface area contributed by atoms with Crippen molar-refractivity contribution in [3.05, 3.63) is 35.9 Å². The fourth-order valence-electron chi connectivity index (χ4n) is 2.76. The molecule has 132 valence electrons. The van der Waals surface area contributed by atoms with Crippen molar-refractivity contribution in [1.29, 1.82) is 0 Å². The zero-order valence-corrected chi connectivity index (χ0v) is 14.1. The number of nitrogens with zero attached hydrogens (tertiary/aromatic N) is 5. The van der Waals surface area contributed by atoms with Gasteiger partial charge in [0.2, 0.25) is 5.95 Å². The molecule has 2 N–H and O–H groups in total. The average molecular weight is 344 g/mol. The van der Waals surface area contributed by atoms with Gasteiger partial charge in [-0.3, -0.25) is 9.89 Å². The minimum absolute atomic E-state index is 0.131. The number of aliphatic carboxylic acids is 1. The Morgan fingerprint density at radius 1 is 1.28 bits per heavy atom. The van der Waals surface area contributed by atoms with Crippen molar-refractivity contribution >= 4 is 17.8 Å². The van der Waals surface area contributed by atoms with E-state index in [9.17, 15) is 14.7 Å². The molecule has 1 amide bonds. The van der Waals surface area contributed by atoms with Gasteiger partial charge in [-0.25, -0.2) is 14.8 Å². The zero-order valence-electron chi connectivity index (χ0n) is 14.1. The van der Waals surface area contributed by atoms with Crippen molar-refractivity contribution in [2.45, 2.75) is 25.8 Å². The Balaban J connectivity index is 1.79. The van der Waals surface area contributed by atoms with Gasteiger partial charge in [-0.05, 0) is 18.1 Å². The van der Waals surface area contributed by atoms with Crippen LogP contribution in [0.25, 0.3) is 0 Å². The molecule has 9 heteroatoms. The van der Waals surface area contributed by atoms with E-state index in [0.717, 1.165) is 5.69 Å². The molecule has 3 heterocycles. The van der Waals surface area contributed by atoms with Gasteiger partial charge in [-0.15, -0.1) is 0 Å². The molecule has 0 aliphatic carbocycles. The van der Waals surface area contributed by atoms with Crippen LogP contribution < -0.4 is 4.90 Å². The first-order valence-corrected chi connectivity index (χ1v) is 8.08. The number of carbonyl (C=O) groups excluding carboxylic acids is 1. The van der Waals surface area contributed by atoms with Gasteiger partial charge < -0.3 is 14.9 Å². The van der Waals surface area contributed by atoms with Gasteiger partial charge in [0.15, 0.2) is 0 Å². The molecule has 0 aromatic carbocycles. The molecule has 0 radical (unpaired) electrons. The molecule has 0 spiro atoms. The van der Waals surface area contributed by atoms with E-state index in [4.69, 9.17) is 0 Å². The Labute approximate surface area is 144 Å². The van der Waals surface area contributed by atoms with Crippen LogP contribution in [0.3, 0.4) is 0 Å². The number of carboxylic acids is 1. The lowest BCUT2D eigenvalue weighted by atomic mass is 10.1. The van der Waals surface area contributed by atoms with E-state index >= 15 is 0 Å². The van der Waals surface area contributed by atoms with Gasteiger partial charge in [0.05, 0.1) is 6.54 Å². The van der Waals surface area contributed by atoms with E-state index in [1.54, 1.807) is 29.4 Å². The summed E-state index contributed by atoms with van der Waals surface area (Å²) >= 11 is 0. The van der Waals surface area contributed by atoms with Gasteiger partial charge in [0.25, 0.3) is 5.91 Å². The minimum Gasteiger partial charge on any atom is -0.480 e. The Morgan fingerprint density at radius 3 is 2.60 bits per heavy atom. The summed E-state index contributed by atoms with van der Waals surface area (Å²) in [5, 5.41) is 16.4. The van der Waals surface area contributed by atoms with Gasteiger partial charge in [0.1, 0.15) is 11.7 Å². The topological polar surface area (TPSA) is 115 Å². The number of carboxylic acid groups (broad SMARTS) is 1. The smallest absolute Gasteiger partial charge is 0.328 e. The number of rotatable bonds is 4. The number of aromatic amines is 1. The highest BCUT2D eigenvalue weighted by molar-refractivity contribution is 5.95. The van der Waals surface area contributed by atoms with E-state index < -0.39 is 12.0 Å². The largest absolute Gasteiger partial charge is 0.480 e. The molecule has 1 fully saturated rings. The number of hydrogen-bond acceptors (Lipinski definition) is 6. The number of aromatic nitrogens is 4. The molecule has 2 aromatic heterocycles. The summed E-state index contributed by atoms with van der Waals surface area (Å²) in [6.45, 7) is 4.83. The van der Waals surface area contributed by atoms with Crippen molar-refractivity contribution in [2.75, 3.05) is 24.5 Å². The summed E-state index contributed by atoms with van der Waals surface area (Å²) < 4.78 is 0. The second-order valence-electron chi connectivity index (χ2n) is 6.21. The molecule has 25 heavy (non-hydrogen) atoms. The van der Waals surface area contributed by atoms with Gasteiger partial charge >= 0.3 is 5.97 Å². The standard InChI is InChI=1S/C16H20N6O3/c1-10(2)11-8-12(20-19-11)14(23)22-7-6-21(9-13(22)15(24)25)16-17-4-3-5-18-16/h3-5,8,10,13H,6-7,9H2,1-2H3,(H,19,20)(H,24,25). The lowest BCUT2D eigenvalue weighted by Gasteiger charge is -2.38. The monoisotopic (exact) mass is 344 g/mol. The molecular weight excluding hydrogens is 324 g/mol. The number of hydrogen-bond donors (Lipinski definition) is 2. The summed E-state index contributed by atoms with van der Waals surface area (Å²) in [5.74, 6) is -0.781. The number of piperazine rings is 1. The Morgan fingerprint density at radius 2 is 2.00 bits per heavy atom. The molecule has 2 aromatic rings. The van der Waals surface area contributed by atoms with E-state index in [0.29, 0.717) is 12.5 Å². The van der Waals surface area contributed by atoms with E-state index in [-0.39, 0.29) is 30.6 Å². The summed E-state index contributed by atoms with van der Waals surface area (Å²) in [4.78, 5) is 35.8. The lowest BCUT2D eigenvalue weighted by molar-refractivity contribution is -0.142. The van der Waals surface area contributed by atoms with Crippen molar-refractivity contribution in [3.8, 4) is 0 Å². The maximum Gasteiger partial charge on any atom is 0.328 e. The van der Waals surface area contributed by atoms with Crippen LogP contribution in [0.15, 0.2) is 24.5 Å². The highest BCUT2D eigenvalue weighted by Crippen LogP contribution is 2.19. The van der Waals surface area contributed by atoms with Crippen LogP contribution in [0.1, 0.15) is 35.9 Å². The number of nitrogens with one attached hydrogen (secondary N) is 1. The van der Waals surface area contributed by atoms with Crippen LogP contribution in [0, 0.1) is 0 Å². The maximum atomic E-state index is 12.7. The SMILES string of the molecule is CC(C)c1cc(C(=O)N2CCN(c3ncccn3)CC2C(=O)O)n[nH]1. The van der Waals surface area contributed by atoms with Crippen LogP contribution in [-0.2, 0) is 4.79 Å². The number of H-pyrrole nitrogens is 1. The fraction of sp³-hybridized carbons (Fsp3) is 0.438. The molecule has 9 nitrogen and oxygen atoms in total. The minimum atomic E-state index is -1.06. The Hall–Kier alpha value is -2.97. The third-order valence-corrected chi connectivity index (χ3v) is 4.20. The lowest BCUT2D eigenvalue weighted by Crippen LogP contribution is -2.58. The number of amides is 1. The zero-order chi connectivity index (χ0) is 18.0. The van der Waals surface area contributed by atoms with E-state index in [1.807, 2.05) is 13.8 Å². The summed E-state index contributed by atoms with van der Waals surface area (Å²) in [6.07, 6.45) is 3.21. The van der Waals surface area contributed by atoms with Crippen LogP contribution >= 0.6 is 0 Å². The van der Waals surface area contributed by atoms with Crippen molar-refractivity contribution < 1.29 is 14.7 Å². The highest BCUT2D eigenvalue weighted by Gasteiger charge is 2.37. The molecule has 3 rings (SSSR count). The average Bonchev–Trinajstić information content (AvgIpc) is 3.12. The molecule has 1 atom stereocenters. The third kappa shape index (κ3) is 3.44. The molecule has 1 aliphatic heterocycles. The van der Waals surface area contributed by atoms with Gasteiger partial charge in [-0.2, -0.15) is 5.10 Å². The molecular formula is C16H20N6O3. The van der Waals surface area contributed by atoms with Gasteiger partial charge in [0, 0.05) is 31.2 Å². The molecule has 0 saturated carbocycles. The molecule has 0 bridgehead atoms. The summed E-state index contributed by atoms with van der Waals surface area (Å²) in [6, 6.07) is 2.39. The third-order valence-electron chi connectivity index (χ3n) is 4.20. The van der Waals surface area contributed by atoms with Crippen LogP contribution in [-0.4, -0.2) is 67.7 Å². The maximum absolute atomic E-state index is 12.7. The summed E-state index contributed by atoms with van der Waals surface area (Å²) in [7, 11) is 0. The Kier molecular flexibility index (Phi) is 4.64. The highest BCUT2D eigenvalue weighted by atomic mass is 16.4. The summed E-state index contributed by atoms with van der Waals surface area (Å²) in [5.41, 5.74) is 1.07. The van der Waals surface area contributed by atoms with Crippen molar-refractivity contribution in [3.63, 3.8) is 0 Å². The predicted octanol–water partition coefficient (Wildman–Crippen LogP) is 0.739. The van der Waals surface area contributed by atoms with Crippen molar-refractivity contribution in [2.24, 2.45) is 0 Å². The second kappa shape index (κ2) is 6.88. The Bertz CT molecular complexity index is 760. The molecule has 1 aliphatic rings. The van der Waals surface area contributed by atoms with E-state index in [2.05, 4.69) is 20.2 Å². The second-order valence-corrected chi connectivity index (χ2v) is 6.21. The van der Waals surface area contributed by atoms with Crippen molar-refractivity contribution in [1.82, 2.24) is 25.1 Å². The van der Waals surface area contributed by atoms with Crippen LogP contribution in [0.5, 0.6) is 0 Å². The van der Waals surface area contributed by atoms with E-state index in [1.165, 1.54) is 4.90 Å². The van der Waals surface area contributed by atoms with Crippen LogP contribution in [0.4, 0.5) is 5.95 Å². The first-order valence-electron chi connectivity index (χ1n) is 8.08. The molecule has 1 saturated heterocycles. The normalized spacial score (nSPS) is 17.8. The molecule has 1 unspecified atom stereocenters. The number of carbonyl (C=O) groups is 2. The van der Waals surface area contributed by atoms with Crippen LogP contribution in [0.2, 0.25) is 0 Å². The quantitative estimate of drug-likeness (QED) is 0.840.